The molecule has 2 aromatic rings. The maximum absolute atomic E-state index is 13.3. The summed E-state index contributed by atoms with van der Waals surface area (Å²) < 4.78 is 61.6. The van der Waals surface area contributed by atoms with Crippen molar-refractivity contribution in [1.29, 1.82) is 0 Å². The van der Waals surface area contributed by atoms with Crippen LogP contribution < -0.4 is 10.1 Å². The molecule has 0 unspecified atom stereocenters. The molecule has 1 fully saturated rings. The molecule has 1 amide bonds. The summed E-state index contributed by atoms with van der Waals surface area (Å²) in [5, 5.41) is 10.1. The number of aromatic nitrogens is 2. The Morgan fingerprint density at radius 2 is 2.07 bits per heavy atom. The molecule has 30 heavy (non-hydrogen) atoms. The highest BCUT2D eigenvalue weighted by Gasteiger charge is 2.49. The van der Waals surface area contributed by atoms with Crippen LogP contribution in [0, 0.1) is 11.7 Å². The van der Waals surface area contributed by atoms with Crippen LogP contribution in [-0.2, 0) is 11.2 Å². The van der Waals surface area contributed by atoms with Crippen molar-refractivity contribution in [3.8, 4) is 5.75 Å². The predicted molar refractivity (Wildman–Crippen MR) is 98.3 cm³/mol. The number of carbonyl (C=O) groups is 1. The molecule has 0 spiro atoms. The molecule has 0 atom stereocenters. The van der Waals surface area contributed by atoms with E-state index in [1.165, 1.54) is 12.1 Å². The normalized spacial score (nSPS) is 18.6. The molecule has 6 nitrogen and oxygen atoms in total. The van der Waals surface area contributed by atoms with E-state index in [0.717, 1.165) is 6.07 Å². The first-order valence-electron chi connectivity index (χ1n) is 9.06. The van der Waals surface area contributed by atoms with Crippen molar-refractivity contribution >= 4 is 17.5 Å². The third-order valence-corrected chi connectivity index (χ3v) is 4.96. The highest BCUT2D eigenvalue weighted by molar-refractivity contribution is 6.30. The SMILES string of the molecule is C=C(CCc1nnc([C@H]2C[C@@H](C(F)(F)F)C2)o1)NC(=O)COc1ccc(Cl)c(F)c1. The Morgan fingerprint density at radius 1 is 1.33 bits per heavy atom. The first-order valence-corrected chi connectivity index (χ1v) is 9.44. The van der Waals surface area contributed by atoms with Gasteiger partial charge in [-0.1, -0.05) is 18.2 Å². The van der Waals surface area contributed by atoms with Crippen LogP contribution in [0.4, 0.5) is 17.6 Å². The molecule has 1 aliphatic rings. The van der Waals surface area contributed by atoms with Gasteiger partial charge in [0, 0.05) is 24.1 Å². The fourth-order valence-corrected chi connectivity index (χ4v) is 3.01. The minimum absolute atomic E-state index is 0.0502. The van der Waals surface area contributed by atoms with Crippen molar-refractivity contribution in [3.05, 3.63) is 53.1 Å². The molecule has 1 aliphatic carbocycles. The van der Waals surface area contributed by atoms with Gasteiger partial charge in [-0.3, -0.25) is 4.79 Å². The van der Waals surface area contributed by atoms with E-state index in [0.29, 0.717) is 12.1 Å². The van der Waals surface area contributed by atoms with Gasteiger partial charge < -0.3 is 14.5 Å². The van der Waals surface area contributed by atoms with Gasteiger partial charge >= 0.3 is 6.18 Å². The lowest BCUT2D eigenvalue weighted by Gasteiger charge is -2.34. The van der Waals surface area contributed by atoms with Crippen molar-refractivity contribution < 1.29 is 31.5 Å². The molecule has 0 bridgehead atoms. The number of amides is 1. The van der Waals surface area contributed by atoms with Crippen molar-refractivity contribution in [2.24, 2.45) is 5.92 Å². The van der Waals surface area contributed by atoms with Gasteiger partial charge in [0.25, 0.3) is 5.91 Å². The van der Waals surface area contributed by atoms with Crippen LogP contribution in [0.2, 0.25) is 5.02 Å². The fraction of sp³-hybridized carbons (Fsp3) is 0.421. The van der Waals surface area contributed by atoms with Crippen LogP contribution in [0.5, 0.6) is 5.75 Å². The molecule has 0 radical (unpaired) electrons. The Balaban J connectivity index is 1.38. The molecule has 1 heterocycles. The van der Waals surface area contributed by atoms with Crippen LogP contribution in [-0.4, -0.2) is 28.9 Å². The predicted octanol–water partition coefficient (Wildman–Crippen LogP) is 4.56. The smallest absolute Gasteiger partial charge is 0.391 e. The van der Waals surface area contributed by atoms with Crippen molar-refractivity contribution in [2.45, 2.75) is 37.8 Å². The van der Waals surface area contributed by atoms with Crippen LogP contribution in [0.3, 0.4) is 0 Å². The highest BCUT2D eigenvalue weighted by atomic mass is 35.5. The molecular weight excluding hydrogens is 430 g/mol. The summed E-state index contributed by atoms with van der Waals surface area (Å²) in [5.41, 5.74) is 0.367. The summed E-state index contributed by atoms with van der Waals surface area (Å²) in [7, 11) is 0. The summed E-state index contributed by atoms with van der Waals surface area (Å²) in [5.74, 6) is -2.25. The number of nitrogens with zero attached hydrogens (tertiary/aromatic N) is 2. The van der Waals surface area contributed by atoms with Gasteiger partial charge in [-0.25, -0.2) is 4.39 Å². The molecule has 1 saturated carbocycles. The van der Waals surface area contributed by atoms with E-state index < -0.39 is 23.8 Å². The molecule has 1 aromatic heterocycles. The third kappa shape index (κ3) is 5.71. The zero-order valence-electron chi connectivity index (χ0n) is 15.6. The van der Waals surface area contributed by atoms with Gasteiger partial charge in [0.05, 0.1) is 10.9 Å². The minimum atomic E-state index is -4.19. The number of hydrogen-bond donors (Lipinski definition) is 1. The van der Waals surface area contributed by atoms with E-state index >= 15 is 0 Å². The number of allylic oxidation sites excluding steroid dienone is 1. The lowest BCUT2D eigenvalue weighted by Crippen LogP contribution is -2.34. The second kappa shape index (κ2) is 9.03. The maximum atomic E-state index is 13.3. The van der Waals surface area contributed by atoms with E-state index in [1.54, 1.807) is 0 Å². The summed E-state index contributed by atoms with van der Waals surface area (Å²) in [6, 6.07) is 3.81. The second-order valence-corrected chi connectivity index (χ2v) is 7.36. The molecule has 1 N–H and O–H groups in total. The van der Waals surface area contributed by atoms with Gasteiger partial charge in [0.1, 0.15) is 11.6 Å². The third-order valence-electron chi connectivity index (χ3n) is 4.65. The molecule has 3 rings (SSSR count). The average molecular weight is 448 g/mol. The lowest BCUT2D eigenvalue weighted by atomic mass is 9.74. The quantitative estimate of drug-likeness (QED) is 0.600. The Kier molecular flexibility index (Phi) is 6.64. The fourth-order valence-electron chi connectivity index (χ4n) is 2.89. The van der Waals surface area contributed by atoms with E-state index in [9.17, 15) is 22.4 Å². The number of hydrogen-bond acceptors (Lipinski definition) is 5. The zero-order valence-corrected chi connectivity index (χ0v) is 16.4. The van der Waals surface area contributed by atoms with Crippen molar-refractivity contribution in [3.63, 3.8) is 0 Å². The lowest BCUT2D eigenvalue weighted by molar-refractivity contribution is -0.198. The van der Waals surface area contributed by atoms with Crippen molar-refractivity contribution in [2.75, 3.05) is 6.61 Å². The Labute approximate surface area is 174 Å². The monoisotopic (exact) mass is 447 g/mol. The molecule has 0 saturated heterocycles. The van der Waals surface area contributed by atoms with Crippen LogP contribution in [0.1, 0.15) is 37.0 Å². The molecule has 162 valence electrons. The molecular formula is C19H18ClF4N3O3. The summed E-state index contributed by atoms with van der Waals surface area (Å²) in [6.07, 6.45) is -3.73. The summed E-state index contributed by atoms with van der Waals surface area (Å²) in [4.78, 5) is 11.9. The van der Waals surface area contributed by atoms with Crippen LogP contribution in [0.25, 0.3) is 0 Å². The number of aryl methyl sites for hydroxylation is 1. The minimum Gasteiger partial charge on any atom is -0.484 e. The van der Waals surface area contributed by atoms with Crippen LogP contribution in [0.15, 0.2) is 34.9 Å². The Morgan fingerprint density at radius 3 is 2.73 bits per heavy atom. The number of alkyl halides is 3. The first-order chi connectivity index (χ1) is 14.1. The molecule has 1 aromatic carbocycles. The Hall–Kier alpha value is -2.62. The van der Waals surface area contributed by atoms with Gasteiger partial charge in [-0.15, -0.1) is 10.2 Å². The van der Waals surface area contributed by atoms with E-state index in [1.807, 2.05) is 0 Å². The van der Waals surface area contributed by atoms with E-state index in [-0.39, 0.29) is 54.3 Å². The van der Waals surface area contributed by atoms with Gasteiger partial charge in [0.2, 0.25) is 11.8 Å². The Bertz CT molecular complexity index is 926. The van der Waals surface area contributed by atoms with E-state index in [4.69, 9.17) is 20.8 Å². The standard InChI is InChI=1S/C19H18ClF4N3O3/c1-10(25-16(28)9-29-13-3-4-14(20)15(21)8-13)2-5-17-26-27-18(30-17)11-6-12(7-11)19(22,23)24/h3-4,8,11-12H,1-2,5-7,9H2,(H,25,28)/t11-,12+. The number of carbonyl (C=O) groups excluding carboxylic acids is 1. The maximum Gasteiger partial charge on any atom is 0.391 e. The van der Waals surface area contributed by atoms with Crippen LogP contribution >= 0.6 is 11.6 Å². The van der Waals surface area contributed by atoms with Gasteiger partial charge in [0.15, 0.2) is 6.61 Å². The highest BCUT2D eigenvalue weighted by Crippen LogP contribution is 2.49. The number of ether oxygens (including phenoxy) is 1. The average Bonchev–Trinajstić information content (AvgIpc) is 3.07. The number of nitrogens with one attached hydrogen (secondary N) is 1. The molecule has 0 aliphatic heterocycles. The molecule has 11 heteroatoms. The van der Waals surface area contributed by atoms with Gasteiger partial charge in [-0.05, 0) is 31.4 Å². The number of rotatable bonds is 8. The van der Waals surface area contributed by atoms with E-state index in [2.05, 4.69) is 22.1 Å². The summed E-state index contributed by atoms with van der Waals surface area (Å²) in [6.45, 7) is 3.36. The summed E-state index contributed by atoms with van der Waals surface area (Å²) >= 11 is 5.57. The largest absolute Gasteiger partial charge is 0.484 e. The number of benzene rings is 1. The van der Waals surface area contributed by atoms with Gasteiger partial charge in [-0.2, -0.15) is 13.2 Å². The second-order valence-electron chi connectivity index (χ2n) is 6.96. The zero-order chi connectivity index (χ0) is 21.9. The number of halogens is 5. The van der Waals surface area contributed by atoms with Crippen molar-refractivity contribution in [1.82, 2.24) is 15.5 Å². The first kappa shape index (κ1) is 22.1. The topological polar surface area (TPSA) is 77.3 Å².